The van der Waals surface area contributed by atoms with Crippen LogP contribution in [0, 0.1) is 5.41 Å². The molecule has 0 N–H and O–H groups in total. The Bertz CT molecular complexity index is 856. The maximum absolute atomic E-state index is 6.96. The number of methoxy groups -OCH3 is 1. The molecule has 3 aliphatic rings. The van der Waals surface area contributed by atoms with Crippen LogP contribution in [-0.2, 0) is 25.4 Å². The molecule has 2 aromatic carbocycles. The third kappa shape index (κ3) is 1.84. The molecule has 0 radical (unpaired) electrons. The molecule has 3 heteroatoms. The molecular weight excluding hydrogens is 336 g/mol. The Morgan fingerprint density at radius 3 is 2.04 bits per heavy atom. The topological polar surface area (TPSA) is 27.7 Å². The van der Waals surface area contributed by atoms with Crippen molar-refractivity contribution in [2.45, 2.75) is 49.6 Å². The minimum atomic E-state index is -0.905. The number of ether oxygens (including phenoxy) is 3. The van der Waals surface area contributed by atoms with Gasteiger partial charge in [0.25, 0.3) is 0 Å². The predicted octanol–water partition coefficient (Wildman–Crippen LogP) is 5.27. The summed E-state index contributed by atoms with van der Waals surface area (Å²) in [5, 5.41) is 0. The van der Waals surface area contributed by atoms with Crippen molar-refractivity contribution in [3.05, 3.63) is 84.1 Å². The van der Waals surface area contributed by atoms with E-state index in [4.69, 9.17) is 14.2 Å². The van der Waals surface area contributed by atoms with Gasteiger partial charge in [0.15, 0.2) is 5.60 Å². The molecule has 5 rings (SSSR count). The van der Waals surface area contributed by atoms with Gasteiger partial charge in [-0.25, -0.2) is 0 Å². The van der Waals surface area contributed by atoms with Crippen molar-refractivity contribution in [1.82, 2.24) is 0 Å². The Morgan fingerprint density at radius 1 is 0.852 bits per heavy atom. The number of hydrogen-bond donors (Lipinski definition) is 0. The Balaban J connectivity index is 1.86. The van der Waals surface area contributed by atoms with Gasteiger partial charge < -0.3 is 14.2 Å². The van der Waals surface area contributed by atoms with E-state index in [1.807, 2.05) is 19.3 Å². The highest BCUT2D eigenvalue weighted by atomic mass is 16.7. The summed E-state index contributed by atoms with van der Waals surface area (Å²) in [6.07, 6.45) is 8.39. The molecule has 27 heavy (non-hydrogen) atoms. The lowest BCUT2D eigenvalue weighted by Crippen LogP contribution is -2.59. The van der Waals surface area contributed by atoms with Gasteiger partial charge in [0, 0.05) is 12.7 Å². The molecule has 1 spiro atoms. The molecule has 1 saturated heterocycles. The first-order valence-electron chi connectivity index (χ1n) is 9.86. The van der Waals surface area contributed by atoms with E-state index < -0.39 is 17.0 Å². The molecule has 0 unspecified atom stereocenters. The highest BCUT2D eigenvalue weighted by Gasteiger charge is 2.81. The van der Waals surface area contributed by atoms with Crippen molar-refractivity contribution < 1.29 is 14.2 Å². The SMILES string of the molecule is CO[C@@]1(C)O[C@@]2(c3ccccc3)C=CO[C@]1(c1ccccc1)C21CCCC1. The Labute approximate surface area is 161 Å². The van der Waals surface area contributed by atoms with E-state index in [1.165, 1.54) is 18.4 Å². The Morgan fingerprint density at radius 2 is 1.44 bits per heavy atom. The first-order valence-corrected chi connectivity index (χ1v) is 9.86. The van der Waals surface area contributed by atoms with E-state index in [0.717, 1.165) is 18.4 Å². The number of benzene rings is 2. The molecule has 3 nitrogen and oxygen atoms in total. The summed E-state index contributed by atoms with van der Waals surface area (Å²) in [6, 6.07) is 21.1. The lowest BCUT2D eigenvalue weighted by Gasteiger charge is -2.52. The second-order valence-corrected chi connectivity index (χ2v) is 8.11. The molecule has 0 aromatic heterocycles. The molecule has 1 saturated carbocycles. The molecule has 2 aromatic rings. The van der Waals surface area contributed by atoms with Crippen molar-refractivity contribution in [2.75, 3.05) is 7.11 Å². The first-order chi connectivity index (χ1) is 13.1. The van der Waals surface area contributed by atoms with Gasteiger partial charge in [0.05, 0.1) is 11.7 Å². The summed E-state index contributed by atoms with van der Waals surface area (Å²) >= 11 is 0. The summed E-state index contributed by atoms with van der Waals surface area (Å²) < 4.78 is 19.7. The van der Waals surface area contributed by atoms with Crippen LogP contribution in [0.3, 0.4) is 0 Å². The van der Waals surface area contributed by atoms with Crippen molar-refractivity contribution >= 4 is 0 Å². The summed E-state index contributed by atoms with van der Waals surface area (Å²) in [7, 11) is 1.73. The zero-order chi connectivity index (χ0) is 18.6. The zero-order valence-electron chi connectivity index (χ0n) is 16.0. The van der Waals surface area contributed by atoms with Gasteiger partial charge in [-0.2, -0.15) is 0 Å². The second-order valence-electron chi connectivity index (χ2n) is 8.11. The standard InChI is InChI=1S/C24H26O3/c1-21(25-2)24(20-13-7-4-8-14-20)22(15-9-10-16-22)23(27-21,17-18-26-24)19-11-5-3-6-12-19/h3-8,11-14,17-18H,9-10,15-16H2,1-2H3/t21-,23+,24-/m0/s1. The zero-order valence-corrected chi connectivity index (χ0v) is 16.0. The normalized spacial score (nSPS) is 36.1. The van der Waals surface area contributed by atoms with Crippen LogP contribution in [0.1, 0.15) is 43.7 Å². The van der Waals surface area contributed by atoms with Crippen molar-refractivity contribution in [2.24, 2.45) is 5.41 Å². The minimum Gasteiger partial charge on any atom is -0.484 e. The fourth-order valence-electron chi connectivity index (χ4n) is 6.10. The fraction of sp³-hybridized carbons (Fsp3) is 0.417. The summed E-state index contributed by atoms with van der Waals surface area (Å²) in [4.78, 5) is 0. The van der Waals surface area contributed by atoms with Crippen LogP contribution >= 0.6 is 0 Å². The van der Waals surface area contributed by atoms with E-state index in [2.05, 4.69) is 60.7 Å². The van der Waals surface area contributed by atoms with Crippen molar-refractivity contribution in [3.63, 3.8) is 0 Å². The minimum absolute atomic E-state index is 0.220. The molecular formula is C24H26O3. The smallest absolute Gasteiger partial charge is 0.211 e. The molecule has 3 atom stereocenters. The Hall–Kier alpha value is -2.10. The van der Waals surface area contributed by atoms with Gasteiger partial charge in [0.2, 0.25) is 5.79 Å². The third-order valence-corrected chi connectivity index (χ3v) is 7.16. The van der Waals surface area contributed by atoms with Gasteiger partial charge in [0.1, 0.15) is 5.60 Å². The maximum atomic E-state index is 6.96. The number of rotatable bonds is 3. The first kappa shape index (κ1) is 17.0. The highest BCUT2D eigenvalue weighted by molar-refractivity contribution is 5.45. The fourth-order valence-corrected chi connectivity index (χ4v) is 6.10. The monoisotopic (exact) mass is 362 g/mol. The average Bonchev–Trinajstić information content (AvgIpc) is 3.24. The summed E-state index contributed by atoms with van der Waals surface area (Å²) in [6.45, 7) is 2.04. The van der Waals surface area contributed by atoms with Gasteiger partial charge in [-0.3, -0.25) is 0 Å². The summed E-state index contributed by atoms with van der Waals surface area (Å²) in [5.74, 6) is -0.905. The third-order valence-electron chi connectivity index (χ3n) is 7.16. The van der Waals surface area contributed by atoms with E-state index in [1.54, 1.807) is 7.11 Å². The maximum Gasteiger partial charge on any atom is 0.211 e. The van der Waals surface area contributed by atoms with Gasteiger partial charge in [-0.15, -0.1) is 0 Å². The van der Waals surface area contributed by atoms with Crippen molar-refractivity contribution in [1.29, 1.82) is 0 Å². The van der Waals surface area contributed by atoms with Crippen LogP contribution in [0.4, 0.5) is 0 Å². The van der Waals surface area contributed by atoms with Crippen LogP contribution < -0.4 is 0 Å². The van der Waals surface area contributed by atoms with Gasteiger partial charge in [-0.05, 0) is 31.4 Å². The van der Waals surface area contributed by atoms with E-state index in [-0.39, 0.29) is 5.41 Å². The Kier molecular flexibility index (Phi) is 3.59. The van der Waals surface area contributed by atoms with E-state index >= 15 is 0 Å². The van der Waals surface area contributed by atoms with E-state index in [9.17, 15) is 0 Å². The average molecular weight is 362 g/mol. The van der Waals surface area contributed by atoms with Crippen LogP contribution in [0.2, 0.25) is 0 Å². The van der Waals surface area contributed by atoms with E-state index in [0.29, 0.717) is 0 Å². The van der Waals surface area contributed by atoms with Crippen LogP contribution in [0.25, 0.3) is 0 Å². The quantitative estimate of drug-likeness (QED) is 0.744. The van der Waals surface area contributed by atoms with Crippen molar-refractivity contribution in [3.8, 4) is 0 Å². The lowest BCUT2D eigenvalue weighted by molar-refractivity contribution is -0.280. The summed E-state index contributed by atoms with van der Waals surface area (Å²) in [5.41, 5.74) is 0.814. The highest BCUT2D eigenvalue weighted by Crippen LogP contribution is 2.75. The predicted molar refractivity (Wildman–Crippen MR) is 104 cm³/mol. The molecule has 140 valence electrons. The molecule has 2 fully saturated rings. The molecule has 2 heterocycles. The van der Waals surface area contributed by atoms with Crippen LogP contribution in [-0.4, -0.2) is 12.9 Å². The molecule has 0 amide bonds. The van der Waals surface area contributed by atoms with Gasteiger partial charge >= 0.3 is 0 Å². The van der Waals surface area contributed by atoms with Gasteiger partial charge in [-0.1, -0.05) is 73.5 Å². The lowest BCUT2D eigenvalue weighted by atomic mass is 9.55. The molecule has 2 aliphatic heterocycles. The molecule has 1 aliphatic carbocycles. The van der Waals surface area contributed by atoms with Crippen LogP contribution in [0.15, 0.2) is 73.0 Å². The molecule has 2 bridgehead atoms. The van der Waals surface area contributed by atoms with Crippen LogP contribution in [0.5, 0.6) is 0 Å². The second kappa shape index (κ2) is 5.70. The largest absolute Gasteiger partial charge is 0.484 e. The number of hydrogen-bond acceptors (Lipinski definition) is 3.